The smallest absolute Gasteiger partial charge is 0.307 e. The van der Waals surface area contributed by atoms with Gasteiger partial charge in [-0.3, -0.25) is 4.79 Å². The quantitative estimate of drug-likeness (QED) is 0.569. The fraction of sp³-hybridized carbons (Fsp3) is 0.318. The Labute approximate surface area is 169 Å². The van der Waals surface area contributed by atoms with E-state index in [1.54, 1.807) is 18.2 Å². The maximum atomic E-state index is 13.9. The molecule has 1 aromatic heterocycles. The number of nitrogens with zero attached hydrogens (tertiary/aromatic N) is 2. The molecule has 152 valence electrons. The van der Waals surface area contributed by atoms with Crippen LogP contribution in [0.3, 0.4) is 0 Å². The molecule has 0 saturated heterocycles. The average molecular weight is 397 g/mol. The Morgan fingerprint density at radius 2 is 1.86 bits per heavy atom. The summed E-state index contributed by atoms with van der Waals surface area (Å²) in [5.74, 6) is -0.302. The van der Waals surface area contributed by atoms with Crippen molar-refractivity contribution >= 4 is 5.97 Å². The Morgan fingerprint density at radius 1 is 1.14 bits per heavy atom. The van der Waals surface area contributed by atoms with Crippen LogP contribution in [0.25, 0.3) is 11.5 Å². The lowest BCUT2D eigenvalue weighted by atomic mass is 10.0. The number of halogens is 1. The molecule has 0 fully saturated rings. The van der Waals surface area contributed by atoms with Crippen molar-refractivity contribution in [3.05, 3.63) is 71.4 Å². The Bertz CT molecular complexity index is 954. The lowest BCUT2D eigenvalue weighted by molar-refractivity contribution is -0.148. The topological polar surface area (TPSA) is 77.2 Å². The normalized spacial score (nSPS) is 12.2. The van der Waals surface area contributed by atoms with Crippen LogP contribution in [0.2, 0.25) is 0 Å². The first-order valence-electron chi connectivity index (χ1n) is 9.49. The summed E-state index contributed by atoms with van der Waals surface area (Å²) in [7, 11) is 0. The van der Waals surface area contributed by atoms with Gasteiger partial charge in [-0.25, -0.2) is 4.39 Å². The number of esters is 1. The van der Waals surface area contributed by atoms with E-state index in [2.05, 4.69) is 15.5 Å². The minimum absolute atomic E-state index is 0.117. The second-order valence-electron chi connectivity index (χ2n) is 7.07. The van der Waals surface area contributed by atoms with E-state index in [1.165, 1.54) is 6.07 Å². The number of aromatic nitrogens is 2. The molecule has 3 rings (SSSR count). The second-order valence-corrected chi connectivity index (χ2v) is 7.07. The highest BCUT2D eigenvalue weighted by atomic mass is 19.1. The zero-order valence-corrected chi connectivity index (χ0v) is 16.7. The van der Waals surface area contributed by atoms with Crippen molar-refractivity contribution in [2.75, 3.05) is 0 Å². The van der Waals surface area contributed by atoms with Crippen LogP contribution in [0.5, 0.6) is 0 Å². The summed E-state index contributed by atoms with van der Waals surface area (Å²) in [5, 5.41) is 11.2. The molecule has 6 nitrogen and oxygen atoms in total. The van der Waals surface area contributed by atoms with Gasteiger partial charge in [-0.1, -0.05) is 42.0 Å². The summed E-state index contributed by atoms with van der Waals surface area (Å²) in [6.45, 7) is 5.86. The zero-order chi connectivity index (χ0) is 20.8. The highest BCUT2D eigenvalue weighted by Crippen LogP contribution is 2.22. The maximum absolute atomic E-state index is 13.9. The Hall–Kier alpha value is -3.06. The van der Waals surface area contributed by atoms with Crippen LogP contribution in [0.4, 0.5) is 4.39 Å². The molecule has 3 aromatic rings. The first kappa shape index (κ1) is 20.7. The van der Waals surface area contributed by atoms with E-state index in [9.17, 15) is 9.18 Å². The number of hydrogen-bond acceptors (Lipinski definition) is 6. The van der Waals surface area contributed by atoms with Gasteiger partial charge in [0.05, 0.1) is 24.6 Å². The van der Waals surface area contributed by atoms with Gasteiger partial charge in [-0.2, -0.15) is 0 Å². The third-order valence-electron chi connectivity index (χ3n) is 4.29. The molecule has 7 heteroatoms. The van der Waals surface area contributed by atoms with Gasteiger partial charge < -0.3 is 14.5 Å². The van der Waals surface area contributed by atoms with E-state index in [0.717, 1.165) is 11.1 Å². The predicted molar refractivity (Wildman–Crippen MR) is 106 cm³/mol. The lowest BCUT2D eigenvalue weighted by Gasteiger charge is -2.19. The largest absolute Gasteiger partial charge is 0.463 e. The van der Waals surface area contributed by atoms with Crippen LogP contribution < -0.4 is 5.32 Å². The van der Waals surface area contributed by atoms with E-state index in [0.29, 0.717) is 5.89 Å². The van der Waals surface area contributed by atoms with Gasteiger partial charge in [0.2, 0.25) is 5.89 Å². The highest BCUT2D eigenvalue weighted by Gasteiger charge is 2.19. The number of carbonyl (C=O) groups is 1. The van der Waals surface area contributed by atoms with Crippen LogP contribution in [-0.4, -0.2) is 22.3 Å². The molecular weight excluding hydrogens is 373 g/mol. The number of hydrogen-bond donors (Lipinski definition) is 1. The van der Waals surface area contributed by atoms with Crippen molar-refractivity contribution in [2.45, 2.75) is 45.9 Å². The molecule has 0 aliphatic heterocycles. The molecule has 1 N–H and O–H groups in total. The van der Waals surface area contributed by atoms with E-state index < -0.39 is 5.82 Å². The van der Waals surface area contributed by atoms with Gasteiger partial charge in [0.15, 0.2) is 0 Å². The lowest BCUT2D eigenvalue weighted by Crippen LogP contribution is -2.25. The van der Waals surface area contributed by atoms with Crippen molar-refractivity contribution < 1.29 is 18.3 Å². The second kappa shape index (κ2) is 9.43. The molecule has 29 heavy (non-hydrogen) atoms. The minimum Gasteiger partial charge on any atom is -0.463 e. The number of aryl methyl sites for hydroxylation is 1. The average Bonchev–Trinajstić information content (AvgIpc) is 3.14. The SMILES string of the molecule is Cc1ccc([C@H](CC(=O)OC(C)C)NCc2nnc(-c3ccccc3F)o2)cc1. The number of benzene rings is 2. The summed E-state index contributed by atoms with van der Waals surface area (Å²) in [6.07, 6.45) is -0.0179. The van der Waals surface area contributed by atoms with Gasteiger partial charge in [0, 0.05) is 6.04 Å². The van der Waals surface area contributed by atoms with Crippen LogP contribution >= 0.6 is 0 Å². The van der Waals surface area contributed by atoms with Crippen LogP contribution in [-0.2, 0) is 16.1 Å². The minimum atomic E-state index is -0.426. The maximum Gasteiger partial charge on any atom is 0.307 e. The Kier molecular flexibility index (Phi) is 6.72. The summed E-state index contributed by atoms with van der Waals surface area (Å²) < 4.78 is 24.8. The summed E-state index contributed by atoms with van der Waals surface area (Å²) in [6, 6.07) is 13.8. The third-order valence-corrected chi connectivity index (χ3v) is 4.29. The van der Waals surface area contributed by atoms with Gasteiger partial charge >= 0.3 is 5.97 Å². The molecule has 0 unspecified atom stereocenters. The summed E-state index contributed by atoms with van der Waals surface area (Å²) in [5.41, 5.74) is 2.33. The molecule has 0 saturated carbocycles. The number of nitrogens with one attached hydrogen (secondary N) is 1. The number of ether oxygens (including phenoxy) is 1. The molecule has 1 heterocycles. The first-order chi connectivity index (χ1) is 13.9. The van der Waals surface area contributed by atoms with Crippen molar-refractivity contribution in [2.24, 2.45) is 0 Å². The van der Waals surface area contributed by atoms with E-state index >= 15 is 0 Å². The molecule has 0 amide bonds. The fourth-order valence-electron chi connectivity index (χ4n) is 2.86. The van der Waals surface area contributed by atoms with Gasteiger partial charge in [0.1, 0.15) is 5.82 Å². The van der Waals surface area contributed by atoms with Crippen molar-refractivity contribution in [1.82, 2.24) is 15.5 Å². The molecule has 2 aromatic carbocycles. The molecule has 0 radical (unpaired) electrons. The van der Waals surface area contributed by atoms with Crippen molar-refractivity contribution in [1.29, 1.82) is 0 Å². The summed E-state index contributed by atoms with van der Waals surface area (Å²) >= 11 is 0. The van der Waals surface area contributed by atoms with Crippen molar-refractivity contribution in [3.63, 3.8) is 0 Å². The standard InChI is InChI=1S/C22H24FN3O3/c1-14(2)28-21(27)12-19(16-10-8-15(3)9-11-16)24-13-20-25-26-22(29-20)17-6-4-5-7-18(17)23/h4-11,14,19,24H,12-13H2,1-3H3/t19-/m0/s1. The monoisotopic (exact) mass is 397 g/mol. The van der Waals surface area contributed by atoms with Crippen LogP contribution in [0.1, 0.15) is 43.3 Å². The molecule has 0 bridgehead atoms. The third kappa shape index (κ3) is 5.71. The molecular formula is C22H24FN3O3. The van der Waals surface area contributed by atoms with Gasteiger partial charge in [-0.05, 0) is 38.5 Å². The van der Waals surface area contributed by atoms with E-state index in [4.69, 9.17) is 9.15 Å². The zero-order valence-electron chi connectivity index (χ0n) is 16.7. The predicted octanol–water partition coefficient (Wildman–Crippen LogP) is 4.36. The van der Waals surface area contributed by atoms with Crippen LogP contribution in [0, 0.1) is 12.7 Å². The Balaban J connectivity index is 1.72. The first-order valence-corrected chi connectivity index (χ1v) is 9.49. The number of carbonyl (C=O) groups excluding carboxylic acids is 1. The summed E-state index contributed by atoms with van der Waals surface area (Å²) in [4.78, 5) is 12.2. The number of rotatable bonds is 8. The molecule has 0 aliphatic rings. The molecule has 0 spiro atoms. The van der Waals surface area contributed by atoms with Crippen LogP contribution in [0.15, 0.2) is 52.9 Å². The highest BCUT2D eigenvalue weighted by molar-refractivity contribution is 5.70. The molecule has 0 aliphatic carbocycles. The molecule has 1 atom stereocenters. The van der Waals surface area contributed by atoms with Crippen molar-refractivity contribution in [3.8, 4) is 11.5 Å². The van der Waals surface area contributed by atoms with Gasteiger partial charge in [0.25, 0.3) is 5.89 Å². The fourth-order valence-corrected chi connectivity index (χ4v) is 2.86. The van der Waals surface area contributed by atoms with E-state index in [-0.39, 0.29) is 42.5 Å². The Morgan fingerprint density at radius 3 is 2.55 bits per heavy atom. The van der Waals surface area contributed by atoms with Gasteiger partial charge in [-0.15, -0.1) is 10.2 Å². The van der Waals surface area contributed by atoms with E-state index in [1.807, 2.05) is 45.0 Å².